The monoisotopic (exact) mass is 194 g/mol. The van der Waals surface area contributed by atoms with Crippen LogP contribution in [0.4, 0.5) is 0 Å². The predicted octanol–water partition coefficient (Wildman–Crippen LogP) is -1.91. The van der Waals surface area contributed by atoms with E-state index >= 15 is 0 Å². The van der Waals surface area contributed by atoms with Gasteiger partial charge in [-0.2, -0.15) is 0 Å². The van der Waals surface area contributed by atoms with Gasteiger partial charge in [-0.05, 0) is 0 Å². The molecule has 2 aromatic rings. The highest BCUT2D eigenvalue weighted by molar-refractivity contribution is 5.99. The van der Waals surface area contributed by atoms with Crippen molar-refractivity contribution in [3.63, 3.8) is 0 Å². The van der Waals surface area contributed by atoms with Crippen LogP contribution in [0.2, 0.25) is 0 Å². The maximum Gasteiger partial charge on any atom is 0.332 e. The number of ether oxygens (including phenoxy) is 1. The summed E-state index contributed by atoms with van der Waals surface area (Å²) in [6.45, 7) is 0. The molecular weight excluding hydrogens is 188 g/mol. The second-order valence-corrected chi connectivity index (χ2v) is 2.54. The second kappa shape index (κ2) is 2.95. The zero-order valence-electron chi connectivity index (χ0n) is 7.22. The fourth-order valence-electron chi connectivity index (χ4n) is 1.05. The van der Waals surface area contributed by atoms with Gasteiger partial charge in [-0.1, -0.05) is 0 Å². The minimum absolute atomic E-state index is 0.127. The van der Waals surface area contributed by atoms with Gasteiger partial charge in [-0.15, -0.1) is 10.2 Å². The third-order valence-corrected chi connectivity index (χ3v) is 1.71. The first-order chi connectivity index (χ1) is 6.72. The number of nitrogens with zero attached hydrogens (tertiary/aromatic N) is 3. The molecule has 0 aliphatic heterocycles. The lowest BCUT2D eigenvalue weighted by Crippen LogP contribution is -2.26. The van der Waals surface area contributed by atoms with Gasteiger partial charge in [0.15, 0.2) is 0 Å². The Kier molecular flexibility index (Phi) is 1.77. The Morgan fingerprint density at radius 2 is 2.50 bits per heavy atom. The summed E-state index contributed by atoms with van der Waals surface area (Å²) in [6, 6.07) is 0. The molecule has 0 saturated carbocycles. The van der Waals surface area contributed by atoms with Gasteiger partial charge in [0.05, 0.1) is 13.2 Å². The molecule has 0 aliphatic rings. The summed E-state index contributed by atoms with van der Waals surface area (Å²) in [5.41, 5.74) is -0.379. The highest BCUT2D eigenvalue weighted by Crippen LogP contribution is 1.82. The SMILES string of the molecule is COC(=O)/C=c1\[nH]c2nncn2c1=O. The number of fused-ring (bicyclic) bond motifs is 1. The molecule has 14 heavy (non-hydrogen) atoms. The summed E-state index contributed by atoms with van der Waals surface area (Å²) >= 11 is 0. The molecule has 0 amide bonds. The van der Waals surface area contributed by atoms with Crippen LogP contribution in [0.25, 0.3) is 11.9 Å². The van der Waals surface area contributed by atoms with Gasteiger partial charge >= 0.3 is 5.97 Å². The topological polar surface area (TPSA) is 89.3 Å². The lowest BCUT2D eigenvalue weighted by molar-refractivity contribution is -0.133. The minimum Gasteiger partial charge on any atom is -0.466 e. The number of nitrogens with one attached hydrogen (secondary N) is 1. The Morgan fingerprint density at radius 1 is 1.71 bits per heavy atom. The van der Waals surface area contributed by atoms with Gasteiger partial charge in [0.1, 0.15) is 11.7 Å². The lowest BCUT2D eigenvalue weighted by Gasteiger charge is -1.85. The summed E-state index contributed by atoms with van der Waals surface area (Å²) in [7, 11) is 1.24. The normalized spacial score (nSPS) is 12.2. The van der Waals surface area contributed by atoms with Gasteiger partial charge < -0.3 is 9.72 Å². The molecule has 72 valence electrons. The smallest absolute Gasteiger partial charge is 0.332 e. The molecule has 7 nitrogen and oxygen atoms in total. The van der Waals surface area contributed by atoms with Crippen LogP contribution >= 0.6 is 0 Å². The maximum absolute atomic E-state index is 11.5. The lowest BCUT2D eigenvalue weighted by atomic mass is 10.5. The number of methoxy groups -OCH3 is 1. The number of esters is 1. The van der Waals surface area contributed by atoms with Crippen molar-refractivity contribution in [1.82, 2.24) is 19.6 Å². The first-order valence-electron chi connectivity index (χ1n) is 3.74. The molecule has 0 bridgehead atoms. The highest BCUT2D eigenvalue weighted by Gasteiger charge is 2.04. The van der Waals surface area contributed by atoms with E-state index in [1.807, 2.05) is 0 Å². The molecule has 0 atom stereocenters. The molecule has 0 aromatic carbocycles. The molecule has 0 aliphatic carbocycles. The van der Waals surface area contributed by atoms with Crippen molar-refractivity contribution in [2.24, 2.45) is 0 Å². The molecule has 0 spiro atoms. The second-order valence-electron chi connectivity index (χ2n) is 2.54. The van der Waals surface area contributed by atoms with Crippen molar-refractivity contribution in [2.45, 2.75) is 0 Å². The minimum atomic E-state index is -0.598. The largest absolute Gasteiger partial charge is 0.466 e. The Morgan fingerprint density at radius 3 is 3.14 bits per heavy atom. The number of imidazole rings is 1. The zero-order valence-corrected chi connectivity index (χ0v) is 7.22. The maximum atomic E-state index is 11.5. The molecule has 7 heteroatoms. The van der Waals surface area contributed by atoms with E-state index in [1.165, 1.54) is 17.8 Å². The van der Waals surface area contributed by atoms with E-state index in [0.29, 0.717) is 5.78 Å². The molecule has 1 N–H and O–H groups in total. The van der Waals surface area contributed by atoms with Gasteiger partial charge in [-0.3, -0.25) is 4.79 Å². The van der Waals surface area contributed by atoms with E-state index in [-0.39, 0.29) is 10.9 Å². The van der Waals surface area contributed by atoms with Crippen LogP contribution in [0.1, 0.15) is 0 Å². The number of aromatic amines is 1. The first kappa shape index (κ1) is 8.42. The van der Waals surface area contributed by atoms with Crippen LogP contribution in [0.3, 0.4) is 0 Å². The molecule has 0 radical (unpaired) electrons. The fraction of sp³-hybridized carbons (Fsp3) is 0.143. The van der Waals surface area contributed by atoms with E-state index < -0.39 is 5.97 Å². The van der Waals surface area contributed by atoms with Crippen molar-refractivity contribution in [3.8, 4) is 0 Å². The van der Waals surface area contributed by atoms with Crippen molar-refractivity contribution < 1.29 is 9.53 Å². The van der Waals surface area contributed by atoms with Crippen LogP contribution in [0.15, 0.2) is 11.1 Å². The Bertz CT molecular complexity index is 582. The van der Waals surface area contributed by atoms with Gasteiger partial charge in [-0.25, -0.2) is 9.20 Å². The Labute approximate surface area is 77.0 Å². The summed E-state index contributed by atoms with van der Waals surface area (Å²) in [5.74, 6) is -0.301. The zero-order chi connectivity index (χ0) is 10.1. The number of carbonyl (C=O) groups is 1. The van der Waals surface area contributed by atoms with E-state index in [9.17, 15) is 9.59 Å². The van der Waals surface area contributed by atoms with Gasteiger partial charge in [0, 0.05) is 0 Å². The Balaban J connectivity index is 2.70. The summed E-state index contributed by atoms with van der Waals surface area (Å²) in [4.78, 5) is 24.9. The van der Waals surface area contributed by atoms with Crippen molar-refractivity contribution >= 4 is 17.8 Å². The first-order valence-corrected chi connectivity index (χ1v) is 3.74. The summed E-state index contributed by atoms with van der Waals surface area (Å²) in [5, 5.41) is 7.26. The molecule has 0 fully saturated rings. The van der Waals surface area contributed by atoms with Crippen LogP contribution in [0, 0.1) is 0 Å². The number of aromatic nitrogens is 4. The molecular formula is C7H6N4O3. The number of hydrogen-bond acceptors (Lipinski definition) is 5. The average molecular weight is 194 g/mol. The number of rotatable bonds is 1. The Hall–Kier alpha value is -2.18. The van der Waals surface area contributed by atoms with E-state index in [1.54, 1.807) is 0 Å². The molecule has 0 saturated heterocycles. The van der Waals surface area contributed by atoms with Crippen LogP contribution < -0.4 is 10.9 Å². The van der Waals surface area contributed by atoms with Crippen molar-refractivity contribution in [3.05, 3.63) is 22.0 Å². The fourth-order valence-corrected chi connectivity index (χ4v) is 1.05. The standard InChI is InChI=1S/C7H6N4O3/c1-14-5(12)2-4-6(13)11-3-8-10-7(11)9-4/h2-3H,1H3,(H,9,10)/b4-2-. The quantitative estimate of drug-likeness (QED) is 0.535. The number of carbonyl (C=O) groups excluding carboxylic acids is 1. The van der Waals surface area contributed by atoms with Crippen molar-refractivity contribution in [2.75, 3.05) is 7.11 Å². The van der Waals surface area contributed by atoms with Gasteiger partial charge in [0.25, 0.3) is 5.56 Å². The van der Waals surface area contributed by atoms with E-state index in [2.05, 4.69) is 19.9 Å². The van der Waals surface area contributed by atoms with Gasteiger partial charge in [0.2, 0.25) is 5.78 Å². The molecule has 2 heterocycles. The molecule has 0 unspecified atom stereocenters. The van der Waals surface area contributed by atoms with Crippen LogP contribution in [0.5, 0.6) is 0 Å². The predicted molar refractivity (Wildman–Crippen MR) is 45.3 cm³/mol. The molecule has 2 rings (SSSR count). The molecule has 2 aromatic heterocycles. The summed E-state index contributed by atoms with van der Waals surface area (Å²) in [6.07, 6.45) is 2.33. The highest BCUT2D eigenvalue weighted by atomic mass is 16.5. The van der Waals surface area contributed by atoms with E-state index in [0.717, 1.165) is 6.08 Å². The van der Waals surface area contributed by atoms with Crippen LogP contribution in [-0.4, -0.2) is 32.7 Å². The average Bonchev–Trinajstić information content (AvgIpc) is 2.72. The third-order valence-electron chi connectivity index (χ3n) is 1.71. The summed E-state index contributed by atoms with van der Waals surface area (Å²) < 4.78 is 5.59. The van der Waals surface area contributed by atoms with Crippen LogP contribution in [-0.2, 0) is 9.53 Å². The van der Waals surface area contributed by atoms with E-state index in [4.69, 9.17) is 0 Å². The number of H-pyrrole nitrogens is 1. The number of hydrogen-bond donors (Lipinski definition) is 1. The van der Waals surface area contributed by atoms with Crippen molar-refractivity contribution in [1.29, 1.82) is 0 Å². The third kappa shape index (κ3) is 1.15.